The molecule has 1 fully saturated rings. The minimum atomic E-state index is -0.487. The molecular weight excluding hydrogens is 412 g/mol. The Kier molecular flexibility index (Phi) is 6.27. The van der Waals surface area contributed by atoms with E-state index in [0.29, 0.717) is 23.9 Å². The monoisotopic (exact) mass is 434 g/mol. The molecule has 1 N–H and O–H groups in total. The number of ether oxygens (including phenoxy) is 2. The van der Waals surface area contributed by atoms with Crippen molar-refractivity contribution in [1.29, 1.82) is 0 Å². The molecule has 3 aromatic rings. The lowest BCUT2D eigenvalue weighted by atomic mass is 10.0. The van der Waals surface area contributed by atoms with Crippen LogP contribution in [0.2, 0.25) is 0 Å². The molecule has 0 aliphatic carbocycles. The lowest BCUT2D eigenvalue weighted by molar-refractivity contribution is -0.385. The number of anilines is 2. The average molecular weight is 434 g/mol. The number of hydrogen-bond donors (Lipinski definition) is 1. The van der Waals surface area contributed by atoms with E-state index in [0.717, 1.165) is 17.7 Å². The van der Waals surface area contributed by atoms with E-state index >= 15 is 0 Å². The van der Waals surface area contributed by atoms with Crippen LogP contribution in [0.25, 0.3) is 0 Å². The van der Waals surface area contributed by atoms with Gasteiger partial charge in [0, 0.05) is 18.8 Å². The maximum absolute atomic E-state index is 11.8. The average Bonchev–Trinajstić information content (AvgIpc) is 2.80. The first-order valence-corrected chi connectivity index (χ1v) is 10.1. The number of rotatable bonds is 7. The van der Waals surface area contributed by atoms with Crippen LogP contribution in [0.3, 0.4) is 0 Å². The van der Waals surface area contributed by atoms with Crippen LogP contribution in [0.1, 0.15) is 5.56 Å². The highest BCUT2D eigenvalue weighted by atomic mass is 16.6. The number of aromatic nitrogens is 1. The van der Waals surface area contributed by atoms with Gasteiger partial charge >= 0.3 is 0 Å². The Morgan fingerprint density at radius 3 is 2.44 bits per heavy atom. The fourth-order valence-corrected chi connectivity index (χ4v) is 3.32. The van der Waals surface area contributed by atoms with E-state index in [2.05, 4.69) is 10.3 Å². The summed E-state index contributed by atoms with van der Waals surface area (Å²) in [6.45, 7) is 0.689. The number of carbonyl (C=O) groups excluding carboxylic acids is 1. The number of nitro groups is 1. The Hall–Kier alpha value is -3.98. The largest absolute Gasteiger partial charge is 0.457 e. The van der Waals surface area contributed by atoms with E-state index in [9.17, 15) is 14.9 Å². The first-order valence-electron chi connectivity index (χ1n) is 10.1. The molecule has 32 heavy (non-hydrogen) atoms. The highest BCUT2D eigenvalue weighted by molar-refractivity contribution is 5.78. The summed E-state index contributed by atoms with van der Waals surface area (Å²) in [6.07, 6.45) is 1.93. The Labute approximate surface area is 184 Å². The summed E-state index contributed by atoms with van der Waals surface area (Å²) in [6, 6.07) is 18.1. The third-order valence-corrected chi connectivity index (χ3v) is 5.19. The van der Waals surface area contributed by atoms with Gasteiger partial charge in [-0.2, -0.15) is 0 Å². The van der Waals surface area contributed by atoms with Crippen molar-refractivity contribution in [3.8, 4) is 11.5 Å². The third kappa shape index (κ3) is 5.19. The van der Waals surface area contributed by atoms with Crippen molar-refractivity contribution < 1.29 is 19.2 Å². The van der Waals surface area contributed by atoms with Crippen molar-refractivity contribution in [3.63, 3.8) is 0 Å². The molecule has 9 nitrogen and oxygen atoms in total. The van der Waals surface area contributed by atoms with Crippen LogP contribution in [-0.2, 0) is 16.0 Å². The van der Waals surface area contributed by atoms with Gasteiger partial charge in [0.2, 0.25) is 5.91 Å². The standard InChI is InChI=1S/C23H22N4O5/c1-26-19(14-31-15-23(26)28)12-16-2-7-20(8-3-16)32-21-9-4-17(5-10-21)25-22-11-6-18(13-24-22)27(29)30/h2-11,13,19H,12,14-15H2,1H3,(H,24,25). The van der Waals surface area contributed by atoms with Crippen molar-refractivity contribution in [2.45, 2.75) is 12.5 Å². The second-order valence-corrected chi connectivity index (χ2v) is 7.43. The quantitative estimate of drug-likeness (QED) is 0.444. The van der Waals surface area contributed by atoms with E-state index in [-0.39, 0.29) is 24.2 Å². The van der Waals surface area contributed by atoms with Crippen LogP contribution in [0.15, 0.2) is 66.9 Å². The van der Waals surface area contributed by atoms with Crippen LogP contribution in [0.4, 0.5) is 17.2 Å². The van der Waals surface area contributed by atoms with Gasteiger partial charge in [0.05, 0.1) is 17.6 Å². The second kappa shape index (κ2) is 9.44. The summed E-state index contributed by atoms with van der Waals surface area (Å²) in [5.41, 5.74) is 1.82. The molecule has 164 valence electrons. The molecule has 1 amide bonds. The first kappa shape index (κ1) is 21.3. The lowest BCUT2D eigenvalue weighted by Crippen LogP contribution is -2.47. The Morgan fingerprint density at radius 2 is 1.81 bits per heavy atom. The van der Waals surface area contributed by atoms with E-state index < -0.39 is 4.92 Å². The minimum Gasteiger partial charge on any atom is -0.457 e. The molecule has 1 atom stereocenters. The molecule has 0 saturated carbocycles. The summed E-state index contributed by atoms with van der Waals surface area (Å²) in [5, 5.41) is 13.8. The van der Waals surface area contributed by atoms with Crippen LogP contribution in [0.5, 0.6) is 11.5 Å². The van der Waals surface area contributed by atoms with Gasteiger partial charge in [-0.25, -0.2) is 4.98 Å². The second-order valence-electron chi connectivity index (χ2n) is 7.43. The molecule has 1 aliphatic heterocycles. The van der Waals surface area contributed by atoms with E-state index in [4.69, 9.17) is 9.47 Å². The van der Waals surface area contributed by atoms with E-state index in [1.165, 1.54) is 12.3 Å². The number of benzene rings is 2. The van der Waals surface area contributed by atoms with Gasteiger partial charge < -0.3 is 19.7 Å². The molecule has 0 radical (unpaired) electrons. The predicted molar refractivity (Wildman–Crippen MR) is 118 cm³/mol. The molecule has 2 aromatic carbocycles. The van der Waals surface area contributed by atoms with Crippen molar-refractivity contribution in [2.75, 3.05) is 25.6 Å². The van der Waals surface area contributed by atoms with Crippen LogP contribution >= 0.6 is 0 Å². The van der Waals surface area contributed by atoms with Crippen LogP contribution in [0, 0.1) is 10.1 Å². The SMILES string of the molecule is CN1C(=O)COCC1Cc1ccc(Oc2ccc(Nc3ccc([N+](=O)[O-])cn3)cc2)cc1. The zero-order valence-corrected chi connectivity index (χ0v) is 17.4. The Balaban J connectivity index is 1.33. The van der Waals surface area contributed by atoms with Gasteiger partial charge in [0.15, 0.2) is 0 Å². The maximum atomic E-state index is 11.8. The number of carbonyl (C=O) groups is 1. The molecule has 1 saturated heterocycles. The molecule has 9 heteroatoms. The Bertz CT molecular complexity index is 1080. The summed E-state index contributed by atoms with van der Waals surface area (Å²) in [7, 11) is 1.81. The van der Waals surface area contributed by atoms with Crippen molar-refractivity contribution in [2.24, 2.45) is 0 Å². The van der Waals surface area contributed by atoms with Crippen molar-refractivity contribution in [1.82, 2.24) is 9.88 Å². The van der Waals surface area contributed by atoms with Gasteiger partial charge in [0.25, 0.3) is 5.69 Å². The number of hydrogen-bond acceptors (Lipinski definition) is 7. The molecule has 1 unspecified atom stereocenters. The maximum Gasteiger partial charge on any atom is 0.287 e. The van der Waals surface area contributed by atoms with E-state index in [1.54, 1.807) is 11.0 Å². The van der Waals surface area contributed by atoms with E-state index in [1.807, 2.05) is 55.6 Å². The number of likely N-dealkylation sites (N-methyl/N-ethyl adjacent to an activating group) is 1. The van der Waals surface area contributed by atoms with Gasteiger partial charge in [-0.05, 0) is 54.4 Å². The zero-order valence-electron chi connectivity index (χ0n) is 17.4. The predicted octanol–water partition coefficient (Wildman–Crippen LogP) is 3.93. The molecule has 2 heterocycles. The van der Waals surface area contributed by atoms with Gasteiger partial charge in [-0.15, -0.1) is 0 Å². The summed E-state index contributed by atoms with van der Waals surface area (Å²) in [5.74, 6) is 1.89. The number of nitrogens with one attached hydrogen (secondary N) is 1. The molecule has 4 rings (SSSR count). The van der Waals surface area contributed by atoms with Crippen LogP contribution < -0.4 is 10.1 Å². The molecule has 0 bridgehead atoms. The molecule has 1 aliphatic rings. The molecule has 1 aromatic heterocycles. The first-order chi connectivity index (χ1) is 15.5. The molecular formula is C23H22N4O5. The zero-order chi connectivity index (χ0) is 22.5. The highest BCUT2D eigenvalue weighted by Gasteiger charge is 2.25. The summed E-state index contributed by atoms with van der Waals surface area (Å²) < 4.78 is 11.3. The smallest absolute Gasteiger partial charge is 0.287 e. The Morgan fingerprint density at radius 1 is 1.12 bits per heavy atom. The number of pyridine rings is 1. The number of morpholine rings is 1. The highest BCUT2D eigenvalue weighted by Crippen LogP contribution is 2.25. The fraction of sp³-hybridized carbons (Fsp3) is 0.217. The summed E-state index contributed by atoms with van der Waals surface area (Å²) in [4.78, 5) is 27.8. The summed E-state index contributed by atoms with van der Waals surface area (Å²) >= 11 is 0. The van der Waals surface area contributed by atoms with Gasteiger partial charge in [0.1, 0.15) is 30.1 Å². The topological polar surface area (TPSA) is 107 Å². The van der Waals surface area contributed by atoms with Crippen molar-refractivity contribution in [3.05, 3.63) is 82.5 Å². The fourth-order valence-electron chi connectivity index (χ4n) is 3.32. The van der Waals surface area contributed by atoms with Gasteiger partial charge in [-0.1, -0.05) is 12.1 Å². The van der Waals surface area contributed by atoms with Crippen LogP contribution in [-0.4, -0.2) is 47.0 Å². The lowest BCUT2D eigenvalue weighted by Gasteiger charge is -2.32. The normalized spacial score (nSPS) is 16.0. The van der Waals surface area contributed by atoms with Gasteiger partial charge in [-0.3, -0.25) is 14.9 Å². The molecule has 0 spiro atoms. The third-order valence-electron chi connectivity index (χ3n) is 5.19. The van der Waals surface area contributed by atoms with Crippen molar-refractivity contribution >= 4 is 23.1 Å². The number of nitrogens with zero attached hydrogens (tertiary/aromatic N) is 3. The number of amides is 1. The minimum absolute atomic E-state index is 0.00324.